The van der Waals surface area contributed by atoms with E-state index in [1.807, 2.05) is 0 Å². The Morgan fingerprint density at radius 2 is 2.00 bits per heavy atom. The molecule has 2 amide bonds. The Morgan fingerprint density at radius 3 is 2.53 bits per heavy atom. The van der Waals surface area contributed by atoms with Gasteiger partial charge >= 0.3 is 12.0 Å². The van der Waals surface area contributed by atoms with Crippen LogP contribution in [0.2, 0.25) is 0 Å². The summed E-state index contributed by atoms with van der Waals surface area (Å²) in [6.45, 7) is 5.74. The molecule has 5 nitrogen and oxygen atoms in total. The lowest BCUT2D eigenvalue weighted by Gasteiger charge is -2.29. The number of carboxylic acid groups (broad SMARTS) is 1. The fraction of sp³-hybridized carbons (Fsp3) is 0.857. The molecule has 1 saturated carbocycles. The van der Waals surface area contributed by atoms with Crippen molar-refractivity contribution in [1.82, 2.24) is 10.6 Å². The SMILES string of the molecule is CCC1CCCC(NC(=O)N[C@@H](C(=O)O)C(C)C)C1. The molecule has 110 valence electrons. The van der Waals surface area contributed by atoms with E-state index in [0.717, 1.165) is 25.7 Å². The van der Waals surface area contributed by atoms with E-state index in [1.165, 1.54) is 6.42 Å². The second kappa shape index (κ2) is 7.36. The molecule has 0 aromatic carbocycles. The maximum Gasteiger partial charge on any atom is 0.326 e. The fourth-order valence-corrected chi connectivity index (χ4v) is 2.67. The Kier molecular flexibility index (Phi) is 6.12. The highest BCUT2D eigenvalue weighted by Crippen LogP contribution is 2.26. The molecule has 0 aromatic heterocycles. The molecule has 0 saturated heterocycles. The molecular weight excluding hydrogens is 244 g/mol. The van der Waals surface area contributed by atoms with Gasteiger partial charge in [-0.15, -0.1) is 0 Å². The van der Waals surface area contributed by atoms with E-state index in [2.05, 4.69) is 17.6 Å². The van der Waals surface area contributed by atoms with Gasteiger partial charge in [0, 0.05) is 6.04 Å². The van der Waals surface area contributed by atoms with Crippen LogP contribution < -0.4 is 10.6 Å². The largest absolute Gasteiger partial charge is 0.480 e. The van der Waals surface area contributed by atoms with Gasteiger partial charge in [0.15, 0.2) is 0 Å². The van der Waals surface area contributed by atoms with Crippen LogP contribution in [0.5, 0.6) is 0 Å². The first-order valence-corrected chi connectivity index (χ1v) is 7.23. The highest BCUT2D eigenvalue weighted by Gasteiger charge is 2.26. The molecule has 3 N–H and O–H groups in total. The average Bonchev–Trinajstić information content (AvgIpc) is 2.35. The van der Waals surface area contributed by atoms with Gasteiger partial charge in [0.25, 0.3) is 0 Å². The van der Waals surface area contributed by atoms with Crippen molar-refractivity contribution in [2.24, 2.45) is 11.8 Å². The molecule has 0 heterocycles. The lowest BCUT2D eigenvalue weighted by Crippen LogP contribution is -2.51. The highest BCUT2D eigenvalue weighted by atomic mass is 16.4. The lowest BCUT2D eigenvalue weighted by molar-refractivity contribution is -0.140. The Morgan fingerprint density at radius 1 is 1.32 bits per heavy atom. The molecule has 0 aliphatic heterocycles. The van der Waals surface area contributed by atoms with Gasteiger partial charge in [0.1, 0.15) is 6.04 Å². The second-order valence-corrected chi connectivity index (χ2v) is 5.82. The Bertz CT molecular complexity index is 318. The summed E-state index contributed by atoms with van der Waals surface area (Å²) in [6, 6.07) is -1.01. The van der Waals surface area contributed by atoms with E-state index < -0.39 is 12.0 Å². The zero-order chi connectivity index (χ0) is 14.4. The van der Waals surface area contributed by atoms with Crippen LogP contribution >= 0.6 is 0 Å². The van der Waals surface area contributed by atoms with Crippen molar-refractivity contribution in [1.29, 1.82) is 0 Å². The van der Waals surface area contributed by atoms with E-state index in [1.54, 1.807) is 13.8 Å². The van der Waals surface area contributed by atoms with Gasteiger partial charge in [-0.05, 0) is 24.7 Å². The van der Waals surface area contributed by atoms with Crippen molar-refractivity contribution in [2.75, 3.05) is 0 Å². The van der Waals surface area contributed by atoms with Crippen molar-refractivity contribution >= 4 is 12.0 Å². The molecule has 5 heteroatoms. The Balaban J connectivity index is 2.43. The molecule has 0 aromatic rings. The summed E-state index contributed by atoms with van der Waals surface area (Å²) in [4.78, 5) is 22.9. The summed E-state index contributed by atoms with van der Waals surface area (Å²) >= 11 is 0. The van der Waals surface area contributed by atoms with Crippen LogP contribution in [-0.2, 0) is 4.79 Å². The first-order valence-electron chi connectivity index (χ1n) is 7.23. The summed E-state index contributed by atoms with van der Waals surface area (Å²) < 4.78 is 0. The van der Waals surface area contributed by atoms with E-state index in [4.69, 9.17) is 5.11 Å². The maximum absolute atomic E-state index is 11.8. The topological polar surface area (TPSA) is 78.4 Å². The first kappa shape index (κ1) is 15.8. The average molecular weight is 270 g/mol. The monoisotopic (exact) mass is 270 g/mol. The van der Waals surface area contributed by atoms with Crippen LogP contribution in [0.4, 0.5) is 4.79 Å². The standard InChI is InChI=1S/C14H26N2O3/c1-4-10-6-5-7-11(8-10)15-14(19)16-12(9(2)3)13(17)18/h9-12H,4-8H2,1-3H3,(H,17,18)(H2,15,16,19)/t10?,11?,12-/m1/s1. The molecule has 19 heavy (non-hydrogen) atoms. The summed E-state index contributed by atoms with van der Waals surface area (Å²) in [6.07, 6.45) is 5.51. The molecule has 1 fully saturated rings. The quantitative estimate of drug-likeness (QED) is 0.717. The highest BCUT2D eigenvalue weighted by molar-refractivity contribution is 5.82. The zero-order valence-corrected chi connectivity index (χ0v) is 12.1. The van der Waals surface area contributed by atoms with Gasteiger partial charge in [-0.1, -0.05) is 40.0 Å². The van der Waals surface area contributed by atoms with Gasteiger partial charge in [-0.25, -0.2) is 9.59 Å². The zero-order valence-electron chi connectivity index (χ0n) is 12.1. The third-order valence-electron chi connectivity index (χ3n) is 3.91. The van der Waals surface area contributed by atoms with Gasteiger partial charge in [-0.3, -0.25) is 0 Å². The minimum Gasteiger partial charge on any atom is -0.480 e. The number of carbonyl (C=O) groups excluding carboxylic acids is 1. The summed E-state index contributed by atoms with van der Waals surface area (Å²) in [5.41, 5.74) is 0. The number of rotatable bonds is 5. The summed E-state index contributed by atoms with van der Waals surface area (Å²) in [5.74, 6) is -0.433. The van der Waals surface area contributed by atoms with Crippen LogP contribution in [0.25, 0.3) is 0 Å². The van der Waals surface area contributed by atoms with Crippen molar-refractivity contribution in [3.8, 4) is 0 Å². The van der Waals surface area contributed by atoms with Crippen molar-refractivity contribution in [3.05, 3.63) is 0 Å². The number of urea groups is 1. The number of carbonyl (C=O) groups is 2. The first-order chi connectivity index (χ1) is 8.93. The molecule has 1 aliphatic rings. The number of aliphatic carboxylic acids is 1. The number of hydrogen-bond donors (Lipinski definition) is 3. The molecule has 1 rings (SSSR count). The van der Waals surface area contributed by atoms with Crippen LogP contribution in [-0.4, -0.2) is 29.2 Å². The number of nitrogens with one attached hydrogen (secondary N) is 2. The van der Waals surface area contributed by atoms with E-state index in [0.29, 0.717) is 5.92 Å². The molecule has 0 bridgehead atoms. The Labute approximate surface area is 115 Å². The van der Waals surface area contributed by atoms with Crippen molar-refractivity contribution in [2.45, 2.75) is 65.0 Å². The van der Waals surface area contributed by atoms with E-state index in [9.17, 15) is 9.59 Å². The second-order valence-electron chi connectivity index (χ2n) is 5.82. The number of carboxylic acids is 1. The van der Waals surface area contributed by atoms with Gasteiger partial charge < -0.3 is 15.7 Å². The molecule has 0 spiro atoms. The van der Waals surface area contributed by atoms with Gasteiger partial charge in [-0.2, -0.15) is 0 Å². The molecule has 0 radical (unpaired) electrons. The van der Waals surface area contributed by atoms with Crippen LogP contribution in [0.3, 0.4) is 0 Å². The van der Waals surface area contributed by atoms with Crippen molar-refractivity contribution < 1.29 is 14.7 Å². The number of hydrogen-bond acceptors (Lipinski definition) is 2. The smallest absolute Gasteiger partial charge is 0.326 e. The minimum absolute atomic E-state index is 0.127. The molecule has 3 atom stereocenters. The van der Waals surface area contributed by atoms with Gasteiger partial charge in [0.2, 0.25) is 0 Å². The van der Waals surface area contributed by atoms with E-state index >= 15 is 0 Å². The molecule has 2 unspecified atom stereocenters. The molecule has 1 aliphatic carbocycles. The normalized spacial score (nSPS) is 24.8. The molecular formula is C14H26N2O3. The minimum atomic E-state index is -0.986. The van der Waals surface area contributed by atoms with Crippen LogP contribution in [0.15, 0.2) is 0 Å². The summed E-state index contributed by atoms with van der Waals surface area (Å²) in [7, 11) is 0. The van der Waals surface area contributed by atoms with Crippen LogP contribution in [0.1, 0.15) is 52.9 Å². The van der Waals surface area contributed by atoms with Crippen molar-refractivity contribution in [3.63, 3.8) is 0 Å². The lowest BCUT2D eigenvalue weighted by atomic mass is 9.84. The fourth-order valence-electron chi connectivity index (χ4n) is 2.67. The third kappa shape index (κ3) is 5.09. The number of amides is 2. The predicted octanol–water partition coefficient (Wildman–Crippen LogP) is 2.36. The summed E-state index contributed by atoms with van der Waals surface area (Å²) in [5, 5.41) is 14.5. The maximum atomic E-state index is 11.8. The van der Waals surface area contributed by atoms with Gasteiger partial charge in [0.05, 0.1) is 0 Å². The van der Waals surface area contributed by atoms with Crippen LogP contribution in [0, 0.1) is 11.8 Å². The Hall–Kier alpha value is -1.26. The third-order valence-corrected chi connectivity index (χ3v) is 3.91. The van der Waals surface area contributed by atoms with E-state index in [-0.39, 0.29) is 18.0 Å². The predicted molar refractivity (Wildman–Crippen MR) is 74.0 cm³/mol.